The molecule has 1 aromatic carbocycles. The zero-order chi connectivity index (χ0) is 16.0. The number of nitrogens with one attached hydrogen (secondary N) is 2. The van der Waals surface area contributed by atoms with Gasteiger partial charge in [-0.15, -0.1) is 0 Å². The predicted octanol–water partition coefficient (Wildman–Crippen LogP) is 2.90. The van der Waals surface area contributed by atoms with Crippen molar-refractivity contribution in [2.45, 2.75) is 45.4 Å². The maximum atomic E-state index is 12.0. The van der Waals surface area contributed by atoms with Gasteiger partial charge in [0, 0.05) is 13.0 Å². The van der Waals surface area contributed by atoms with Crippen molar-refractivity contribution in [3.8, 4) is 0 Å². The van der Waals surface area contributed by atoms with Gasteiger partial charge in [0.1, 0.15) is 0 Å². The van der Waals surface area contributed by atoms with Crippen molar-refractivity contribution in [1.82, 2.24) is 10.6 Å². The number of urea groups is 1. The Morgan fingerprint density at radius 1 is 1.27 bits per heavy atom. The molecule has 5 nitrogen and oxygen atoms in total. The molecule has 1 aromatic rings. The van der Waals surface area contributed by atoms with Gasteiger partial charge in [0.2, 0.25) is 0 Å². The Labute approximate surface area is 132 Å². The maximum Gasteiger partial charge on any atom is 0.315 e. The summed E-state index contributed by atoms with van der Waals surface area (Å²) in [7, 11) is 0. The zero-order valence-electron chi connectivity index (χ0n) is 13.6. The third kappa shape index (κ3) is 4.71. The molecule has 1 heterocycles. The number of aryl methyl sites for hydroxylation is 1. The summed E-state index contributed by atoms with van der Waals surface area (Å²) in [5.74, 6) is -0.561. The molecule has 0 saturated carbocycles. The molecule has 1 atom stereocenters. The molecule has 1 saturated heterocycles. The van der Waals surface area contributed by atoms with Crippen LogP contribution >= 0.6 is 0 Å². The lowest BCUT2D eigenvalue weighted by Gasteiger charge is -2.23. The van der Waals surface area contributed by atoms with Crippen LogP contribution in [0.5, 0.6) is 0 Å². The summed E-state index contributed by atoms with van der Waals surface area (Å²) in [5, 5.41) is 5.88. The Kier molecular flexibility index (Phi) is 5.80. The molecule has 2 N–H and O–H groups in total. The molecule has 1 aliphatic rings. The molecule has 122 valence electrons. The molecule has 1 aliphatic heterocycles. The smallest absolute Gasteiger partial charge is 0.315 e. The Bertz CT molecular complexity index is 481. The minimum absolute atomic E-state index is 0.0233. The minimum atomic E-state index is -0.561. The number of carbonyl (C=O) groups excluding carboxylic acids is 1. The van der Waals surface area contributed by atoms with E-state index < -0.39 is 5.79 Å². The monoisotopic (exact) mass is 306 g/mol. The van der Waals surface area contributed by atoms with Crippen molar-refractivity contribution in [3.05, 3.63) is 35.4 Å². The lowest BCUT2D eigenvalue weighted by Crippen LogP contribution is -2.40. The molecule has 0 unspecified atom stereocenters. The van der Waals surface area contributed by atoms with Gasteiger partial charge in [-0.3, -0.25) is 0 Å². The summed E-state index contributed by atoms with van der Waals surface area (Å²) < 4.78 is 11.0. The van der Waals surface area contributed by atoms with Crippen LogP contribution in [0.15, 0.2) is 24.3 Å². The number of hydrogen-bond acceptors (Lipinski definition) is 3. The highest BCUT2D eigenvalue weighted by atomic mass is 16.7. The van der Waals surface area contributed by atoms with Crippen LogP contribution in [-0.2, 0) is 9.47 Å². The van der Waals surface area contributed by atoms with Crippen molar-refractivity contribution < 1.29 is 14.3 Å². The molecule has 2 amide bonds. The second-order valence-corrected chi connectivity index (χ2v) is 5.85. The first-order valence-corrected chi connectivity index (χ1v) is 7.91. The van der Waals surface area contributed by atoms with Crippen molar-refractivity contribution in [1.29, 1.82) is 0 Å². The molecule has 22 heavy (non-hydrogen) atoms. The van der Waals surface area contributed by atoms with Crippen LogP contribution in [0.3, 0.4) is 0 Å². The standard InChI is InChI=1S/C17H26N2O3/c1-4-15(14-7-5-13(2)6-8-14)19-16(20)18-10-9-17(3)21-11-12-22-17/h5-8,15H,4,9-12H2,1-3H3,(H2,18,19,20)/t15-/m0/s1. The van der Waals surface area contributed by atoms with E-state index in [-0.39, 0.29) is 12.1 Å². The summed E-state index contributed by atoms with van der Waals surface area (Å²) >= 11 is 0. The molecule has 2 rings (SSSR count). The van der Waals surface area contributed by atoms with Gasteiger partial charge < -0.3 is 20.1 Å². The fourth-order valence-electron chi connectivity index (χ4n) is 2.53. The van der Waals surface area contributed by atoms with E-state index in [0.717, 1.165) is 12.0 Å². The topological polar surface area (TPSA) is 59.6 Å². The third-order valence-corrected chi connectivity index (χ3v) is 3.96. The number of hydrogen-bond donors (Lipinski definition) is 2. The summed E-state index contributed by atoms with van der Waals surface area (Å²) in [6.45, 7) is 7.78. The first-order valence-electron chi connectivity index (χ1n) is 7.91. The molecule has 0 bridgehead atoms. The largest absolute Gasteiger partial charge is 0.348 e. The number of carbonyl (C=O) groups is 1. The van der Waals surface area contributed by atoms with Crippen LogP contribution < -0.4 is 10.6 Å². The van der Waals surface area contributed by atoms with Crippen molar-refractivity contribution in [2.75, 3.05) is 19.8 Å². The summed E-state index contributed by atoms with van der Waals surface area (Å²) in [6, 6.07) is 8.11. The first-order chi connectivity index (χ1) is 10.5. The second-order valence-electron chi connectivity index (χ2n) is 5.85. The van der Waals surface area contributed by atoms with Gasteiger partial charge >= 0.3 is 6.03 Å². The highest BCUT2D eigenvalue weighted by Gasteiger charge is 2.30. The normalized spacial score (nSPS) is 18.0. The quantitative estimate of drug-likeness (QED) is 0.849. The molecule has 0 radical (unpaired) electrons. The zero-order valence-corrected chi connectivity index (χ0v) is 13.6. The van der Waals surface area contributed by atoms with E-state index in [4.69, 9.17) is 9.47 Å². The number of ether oxygens (including phenoxy) is 2. The van der Waals surface area contributed by atoms with Crippen molar-refractivity contribution >= 4 is 6.03 Å². The van der Waals surface area contributed by atoms with Gasteiger partial charge in [-0.2, -0.15) is 0 Å². The van der Waals surface area contributed by atoms with E-state index in [1.807, 2.05) is 6.92 Å². The average molecular weight is 306 g/mol. The lowest BCUT2D eigenvalue weighted by molar-refractivity contribution is -0.145. The van der Waals surface area contributed by atoms with E-state index in [9.17, 15) is 4.79 Å². The van der Waals surface area contributed by atoms with E-state index in [1.54, 1.807) is 0 Å². The molecule has 0 spiro atoms. The van der Waals surface area contributed by atoms with Crippen LogP contribution in [0.2, 0.25) is 0 Å². The average Bonchev–Trinajstić information content (AvgIpc) is 2.92. The molecule has 0 aliphatic carbocycles. The SMILES string of the molecule is CC[C@H](NC(=O)NCCC1(C)OCCO1)c1ccc(C)cc1. The Morgan fingerprint density at radius 3 is 2.50 bits per heavy atom. The second kappa shape index (κ2) is 7.61. The van der Waals surface area contributed by atoms with Gasteiger partial charge in [-0.25, -0.2) is 4.79 Å². The molecular weight excluding hydrogens is 280 g/mol. The van der Waals surface area contributed by atoms with E-state index in [2.05, 4.69) is 48.7 Å². The number of benzene rings is 1. The van der Waals surface area contributed by atoms with E-state index >= 15 is 0 Å². The fraction of sp³-hybridized carbons (Fsp3) is 0.588. The third-order valence-electron chi connectivity index (χ3n) is 3.96. The van der Waals surface area contributed by atoms with E-state index in [1.165, 1.54) is 5.56 Å². The summed E-state index contributed by atoms with van der Waals surface area (Å²) in [6.07, 6.45) is 1.49. The van der Waals surface area contributed by atoms with Gasteiger partial charge in [0.25, 0.3) is 0 Å². The summed E-state index contributed by atoms with van der Waals surface area (Å²) in [5.41, 5.74) is 2.34. The van der Waals surface area contributed by atoms with E-state index in [0.29, 0.717) is 26.2 Å². The van der Waals surface area contributed by atoms with Crippen LogP contribution in [0.25, 0.3) is 0 Å². The first kappa shape index (κ1) is 16.8. The van der Waals surface area contributed by atoms with Gasteiger partial charge in [0.05, 0.1) is 19.3 Å². The van der Waals surface area contributed by atoms with Crippen LogP contribution in [0, 0.1) is 6.92 Å². The molecule has 1 fully saturated rings. The Hall–Kier alpha value is -1.59. The van der Waals surface area contributed by atoms with Crippen molar-refractivity contribution in [2.24, 2.45) is 0 Å². The van der Waals surface area contributed by atoms with Gasteiger partial charge in [0.15, 0.2) is 5.79 Å². The number of amides is 2. The Morgan fingerprint density at radius 2 is 1.91 bits per heavy atom. The predicted molar refractivity (Wildman–Crippen MR) is 85.7 cm³/mol. The Balaban J connectivity index is 1.78. The van der Waals surface area contributed by atoms with Crippen LogP contribution in [0.1, 0.15) is 43.9 Å². The van der Waals surface area contributed by atoms with Crippen LogP contribution in [-0.4, -0.2) is 31.6 Å². The molecule has 0 aromatic heterocycles. The number of rotatable bonds is 6. The molecule has 5 heteroatoms. The fourth-order valence-corrected chi connectivity index (χ4v) is 2.53. The van der Waals surface area contributed by atoms with Crippen LogP contribution in [0.4, 0.5) is 4.79 Å². The minimum Gasteiger partial charge on any atom is -0.348 e. The van der Waals surface area contributed by atoms with Gasteiger partial charge in [-0.1, -0.05) is 36.8 Å². The van der Waals surface area contributed by atoms with Gasteiger partial charge in [-0.05, 0) is 25.8 Å². The van der Waals surface area contributed by atoms with Crippen molar-refractivity contribution in [3.63, 3.8) is 0 Å². The summed E-state index contributed by atoms with van der Waals surface area (Å²) in [4.78, 5) is 12.0. The highest BCUT2D eigenvalue weighted by Crippen LogP contribution is 2.21. The molecular formula is C17H26N2O3. The maximum absolute atomic E-state index is 12.0. The lowest BCUT2D eigenvalue weighted by atomic mass is 10.0. The highest BCUT2D eigenvalue weighted by molar-refractivity contribution is 5.74.